The molecule has 0 bridgehead atoms. The molecule has 0 radical (unpaired) electrons. The Kier molecular flexibility index (Phi) is 6.19. The average Bonchev–Trinajstić information content (AvgIpc) is 2.65. The maximum atomic E-state index is 4.48. The lowest BCUT2D eigenvalue weighted by molar-refractivity contribution is 0.266. The molecule has 0 aliphatic carbocycles. The van der Waals surface area contributed by atoms with Crippen molar-refractivity contribution in [1.82, 2.24) is 14.5 Å². The summed E-state index contributed by atoms with van der Waals surface area (Å²) in [5.74, 6) is 1.01. The number of aromatic nitrogens is 2. The molecule has 1 aromatic rings. The first-order chi connectivity index (χ1) is 8.54. The van der Waals surface area contributed by atoms with Crippen molar-refractivity contribution in [3.63, 3.8) is 0 Å². The van der Waals surface area contributed by atoms with Crippen molar-refractivity contribution < 1.29 is 0 Å². The van der Waals surface area contributed by atoms with Gasteiger partial charge in [0.1, 0.15) is 0 Å². The number of imidazole rings is 1. The number of nitrogens with one attached hydrogen (secondary N) is 1. The first-order valence-corrected chi connectivity index (χ1v) is 7.02. The highest BCUT2D eigenvalue weighted by atomic mass is 15.2. The number of hydrogen-bond acceptors (Lipinski definition) is 3. The molecule has 1 rings (SSSR count). The zero-order valence-corrected chi connectivity index (χ0v) is 12.5. The van der Waals surface area contributed by atoms with Gasteiger partial charge < -0.3 is 14.8 Å². The van der Waals surface area contributed by atoms with Gasteiger partial charge in [-0.25, -0.2) is 4.98 Å². The standard InChI is InChI=1S/C14H28N4/c1-6-15-14-16-13(4)11-18(14)10-8-7-9-17(5)12(2)3/h11-12H,6-10H2,1-5H3,(H,15,16). The lowest BCUT2D eigenvalue weighted by atomic mass is 10.2. The van der Waals surface area contributed by atoms with Crippen LogP contribution in [0.5, 0.6) is 0 Å². The number of unbranched alkanes of at least 4 members (excludes halogenated alkanes) is 1. The second-order valence-corrected chi connectivity index (χ2v) is 5.21. The van der Waals surface area contributed by atoms with Gasteiger partial charge in [-0.05, 0) is 54.1 Å². The summed E-state index contributed by atoms with van der Waals surface area (Å²) in [5.41, 5.74) is 1.09. The van der Waals surface area contributed by atoms with Crippen LogP contribution in [-0.2, 0) is 6.54 Å². The Morgan fingerprint density at radius 1 is 1.39 bits per heavy atom. The van der Waals surface area contributed by atoms with Gasteiger partial charge in [-0.2, -0.15) is 0 Å². The van der Waals surface area contributed by atoms with E-state index in [4.69, 9.17) is 0 Å². The molecule has 1 aromatic heterocycles. The minimum atomic E-state index is 0.637. The highest BCUT2D eigenvalue weighted by Gasteiger charge is 2.05. The molecule has 1 heterocycles. The van der Waals surface area contributed by atoms with E-state index >= 15 is 0 Å². The van der Waals surface area contributed by atoms with Crippen LogP contribution < -0.4 is 5.32 Å². The van der Waals surface area contributed by atoms with E-state index in [1.165, 1.54) is 19.4 Å². The summed E-state index contributed by atoms with van der Waals surface area (Å²) in [5, 5.41) is 3.31. The molecule has 4 heteroatoms. The number of rotatable bonds is 8. The minimum Gasteiger partial charge on any atom is -0.356 e. The van der Waals surface area contributed by atoms with Crippen molar-refractivity contribution in [1.29, 1.82) is 0 Å². The Hall–Kier alpha value is -1.03. The fraction of sp³-hybridized carbons (Fsp3) is 0.786. The number of hydrogen-bond donors (Lipinski definition) is 1. The highest BCUT2D eigenvalue weighted by Crippen LogP contribution is 2.10. The maximum Gasteiger partial charge on any atom is 0.203 e. The number of nitrogens with zero attached hydrogens (tertiary/aromatic N) is 3. The second-order valence-electron chi connectivity index (χ2n) is 5.21. The van der Waals surface area contributed by atoms with E-state index in [1.807, 2.05) is 6.92 Å². The van der Waals surface area contributed by atoms with Crippen LogP contribution in [-0.4, -0.2) is 40.6 Å². The molecule has 1 N–H and O–H groups in total. The van der Waals surface area contributed by atoms with Crippen molar-refractivity contribution in [2.75, 3.05) is 25.5 Å². The SMILES string of the molecule is CCNc1nc(C)cn1CCCCN(C)C(C)C. The van der Waals surface area contributed by atoms with Crippen LogP contribution in [0.15, 0.2) is 6.20 Å². The van der Waals surface area contributed by atoms with E-state index in [0.29, 0.717) is 6.04 Å². The molecule has 0 aliphatic heterocycles. The predicted octanol–water partition coefficient (Wildman–Crippen LogP) is 2.74. The first kappa shape index (κ1) is 15.0. The van der Waals surface area contributed by atoms with Gasteiger partial charge in [0, 0.05) is 25.3 Å². The van der Waals surface area contributed by atoms with E-state index in [-0.39, 0.29) is 0 Å². The summed E-state index contributed by atoms with van der Waals surface area (Å²) in [6, 6.07) is 0.637. The first-order valence-electron chi connectivity index (χ1n) is 7.02. The molecule has 0 atom stereocenters. The molecule has 0 saturated heterocycles. The van der Waals surface area contributed by atoms with Crippen LogP contribution in [0, 0.1) is 6.92 Å². The molecule has 104 valence electrons. The van der Waals surface area contributed by atoms with Crippen LogP contribution in [0.2, 0.25) is 0 Å². The van der Waals surface area contributed by atoms with Crippen LogP contribution in [0.1, 0.15) is 39.3 Å². The molecule has 0 aliphatic rings. The van der Waals surface area contributed by atoms with E-state index < -0.39 is 0 Å². The second kappa shape index (κ2) is 7.41. The van der Waals surface area contributed by atoms with E-state index in [9.17, 15) is 0 Å². The number of aryl methyl sites for hydroxylation is 2. The van der Waals surface area contributed by atoms with Crippen molar-refractivity contribution in [2.45, 2.75) is 53.1 Å². The highest BCUT2D eigenvalue weighted by molar-refractivity contribution is 5.28. The van der Waals surface area contributed by atoms with Crippen LogP contribution >= 0.6 is 0 Å². The zero-order valence-electron chi connectivity index (χ0n) is 12.5. The van der Waals surface area contributed by atoms with Gasteiger partial charge in [-0.1, -0.05) is 0 Å². The van der Waals surface area contributed by atoms with Gasteiger partial charge in [0.2, 0.25) is 5.95 Å². The lowest BCUT2D eigenvalue weighted by Gasteiger charge is -2.20. The Bertz CT molecular complexity index is 344. The quantitative estimate of drug-likeness (QED) is 0.722. The van der Waals surface area contributed by atoms with Crippen molar-refractivity contribution >= 4 is 5.95 Å². The average molecular weight is 252 g/mol. The third-order valence-electron chi connectivity index (χ3n) is 3.27. The maximum absolute atomic E-state index is 4.48. The van der Waals surface area contributed by atoms with Crippen molar-refractivity contribution in [3.8, 4) is 0 Å². The zero-order chi connectivity index (χ0) is 13.5. The fourth-order valence-corrected chi connectivity index (χ4v) is 1.92. The molecule has 0 saturated carbocycles. The number of anilines is 1. The van der Waals surface area contributed by atoms with Gasteiger partial charge in [-0.15, -0.1) is 0 Å². The van der Waals surface area contributed by atoms with E-state index in [2.05, 4.69) is 53.8 Å². The summed E-state index contributed by atoms with van der Waals surface area (Å²) >= 11 is 0. The van der Waals surface area contributed by atoms with Crippen LogP contribution in [0.3, 0.4) is 0 Å². The molecule has 0 fully saturated rings. The summed E-state index contributed by atoms with van der Waals surface area (Å²) in [4.78, 5) is 6.88. The molecule has 0 spiro atoms. The Labute approximate surface area is 111 Å². The summed E-state index contributed by atoms with van der Waals surface area (Å²) in [6.07, 6.45) is 4.56. The van der Waals surface area contributed by atoms with Crippen LogP contribution in [0.4, 0.5) is 5.95 Å². The van der Waals surface area contributed by atoms with Crippen molar-refractivity contribution in [3.05, 3.63) is 11.9 Å². The molecular weight excluding hydrogens is 224 g/mol. The van der Waals surface area contributed by atoms with E-state index in [0.717, 1.165) is 24.7 Å². The van der Waals surface area contributed by atoms with Gasteiger partial charge >= 0.3 is 0 Å². The molecule has 4 nitrogen and oxygen atoms in total. The van der Waals surface area contributed by atoms with Gasteiger partial charge in [0.05, 0.1) is 5.69 Å². The molecule has 0 amide bonds. The minimum absolute atomic E-state index is 0.637. The van der Waals surface area contributed by atoms with Gasteiger partial charge in [-0.3, -0.25) is 0 Å². The molecule has 18 heavy (non-hydrogen) atoms. The lowest BCUT2D eigenvalue weighted by Crippen LogP contribution is -2.27. The smallest absolute Gasteiger partial charge is 0.203 e. The summed E-state index contributed by atoms with van der Waals surface area (Å²) in [6.45, 7) is 11.8. The van der Waals surface area contributed by atoms with Gasteiger partial charge in [0.25, 0.3) is 0 Å². The topological polar surface area (TPSA) is 33.1 Å². The largest absolute Gasteiger partial charge is 0.356 e. The van der Waals surface area contributed by atoms with Crippen molar-refractivity contribution in [2.24, 2.45) is 0 Å². The van der Waals surface area contributed by atoms with Gasteiger partial charge in [0.15, 0.2) is 0 Å². The third kappa shape index (κ3) is 4.69. The fourth-order valence-electron chi connectivity index (χ4n) is 1.92. The summed E-state index contributed by atoms with van der Waals surface area (Å²) < 4.78 is 2.23. The normalized spacial score (nSPS) is 11.5. The Balaban J connectivity index is 2.34. The Morgan fingerprint density at radius 2 is 2.11 bits per heavy atom. The molecular formula is C14H28N4. The third-order valence-corrected chi connectivity index (χ3v) is 3.27. The predicted molar refractivity (Wildman–Crippen MR) is 78.1 cm³/mol. The molecule has 0 aromatic carbocycles. The summed E-state index contributed by atoms with van der Waals surface area (Å²) in [7, 11) is 2.19. The van der Waals surface area contributed by atoms with E-state index in [1.54, 1.807) is 0 Å². The molecule has 0 unspecified atom stereocenters. The Morgan fingerprint density at radius 3 is 2.72 bits per heavy atom. The van der Waals surface area contributed by atoms with Crippen LogP contribution in [0.25, 0.3) is 0 Å². The monoisotopic (exact) mass is 252 g/mol.